The van der Waals surface area contributed by atoms with Crippen LogP contribution in [0.25, 0.3) is 0 Å². The summed E-state index contributed by atoms with van der Waals surface area (Å²) in [5.74, 6) is -0.435. The third-order valence-electron chi connectivity index (χ3n) is 3.78. The molecule has 1 atom stereocenters. The number of anilines is 1. The Bertz CT molecular complexity index is 625. The van der Waals surface area contributed by atoms with E-state index in [0.29, 0.717) is 17.8 Å². The summed E-state index contributed by atoms with van der Waals surface area (Å²) in [5.41, 5.74) is 1.03. The van der Waals surface area contributed by atoms with Crippen LogP contribution in [0.4, 0.5) is 10.5 Å². The van der Waals surface area contributed by atoms with Crippen LogP contribution in [0.1, 0.15) is 37.0 Å². The highest BCUT2D eigenvalue weighted by Gasteiger charge is 2.16. The molecule has 8 nitrogen and oxygen atoms in total. The van der Waals surface area contributed by atoms with Crippen molar-refractivity contribution in [3.8, 4) is 0 Å². The van der Waals surface area contributed by atoms with Crippen molar-refractivity contribution < 1.29 is 19.1 Å². The molecule has 1 aliphatic rings. The molecule has 1 unspecified atom stereocenters. The fourth-order valence-corrected chi connectivity index (χ4v) is 2.53. The summed E-state index contributed by atoms with van der Waals surface area (Å²) >= 11 is 0. The number of nitrogens with one attached hydrogen (secondary N) is 4. The Balaban J connectivity index is 1.74. The van der Waals surface area contributed by atoms with Gasteiger partial charge in [-0.25, -0.2) is 4.79 Å². The van der Waals surface area contributed by atoms with Gasteiger partial charge in [0, 0.05) is 30.4 Å². The second-order valence-corrected chi connectivity index (χ2v) is 6.45. The molecule has 1 heterocycles. The summed E-state index contributed by atoms with van der Waals surface area (Å²) in [6.45, 7) is 4.84. The molecule has 1 aromatic carbocycles. The van der Waals surface area contributed by atoms with Crippen LogP contribution in [0.2, 0.25) is 0 Å². The van der Waals surface area contributed by atoms with Crippen molar-refractivity contribution in [3.05, 3.63) is 29.8 Å². The van der Waals surface area contributed by atoms with Gasteiger partial charge in [0.15, 0.2) is 0 Å². The standard InChI is InChI=1S/C18H26N4O4/c1-12(2)21-16(23)11-20-18(25)22-14-7-5-13(6-8-14)17(24)19-10-15-4-3-9-26-15/h5-8,12,15H,3-4,9-11H2,1-2H3,(H,19,24)(H,21,23)(H2,20,22,25). The fraction of sp³-hybridized carbons (Fsp3) is 0.500. The first-order valence-corrected chi connectivity index (χ1v) is 8.78. The molecule has 2 rings (SSSR count). The Morgan fingerprint density at radius 1 is 1.15 bits per heavy atom. The Labute approximate surface area is 153 Å². The summed E-state index contributed by atoms with van der Waals surface area (Å²) in [6.07, 6.45) is 2.09. The quantitative estimate of drug-likeness (QED) is 0.585. The zero-order valence-corrected chi connectivity index (χ0v) is 15.1. The van der Waals surface area contributed by atoms with Gasteiger partial charge in [-0.1, -0.05) is 0 Å². The molecular weight excluding hydrogens is 336 g/mol. The molecule has 0 bridgehead atoms. The normalized spacial score (nSPS) is 16.2. The smallest absolute Gasteiger partial charge is 0.319 e. The Morgan fingerprint density at radius 2 is 1.88 bits per heavy atom. The molecule has 142 valence electrons. The second kappa shape index (κ2) is 9.76. The van der Waals surface area contributed by atoms with Gasteiger partial charge in [-0.15, -0.1) is 0 Å². The van der Waals surface area contributed by atoms with E-state index in [4.69, 9.17) is 4.74 Å². The number of hydrogen-bond donors (Lipinski definition) is 4. The number of urea groups is 1. The van der Waals surface area contributed by atoms with Gasteiger partial charge in [0.05, 0.1) is 12.6 Å². The van der Waals surface area contributed by atoms with E-state index in [1.54, 1.807) is 24.3 Å². The molecular formula is C18H26N4O4. The van der Waals surface area contributed by atoms with Crippen LogP contribution >= 0.6 is 0 Å². The van der Waals surface area contributed by atoms with Crippen LogP contribution in [0.15, 0.2) is 24.3 Å². The van der Waals surface area contributed by atoms with Crippen molar-refractivity contribution >= 4 is 23.5 Å². The first-order chi connectivity index (χ1) is 12.4. The van der Waals surface area contributed by atoms with Gasteiger partial charge in [-0.2, -0.15) is 0 Å². The minimum atomic E-state index is -0.487. The molecule has 0 spiro atoms. The van der Waals surface area contributed by atoms with Crippen LogP contribution in [-0.4, -0.2) is 49.7 Å². The lowest BCUT2D eigenvalue weighted by atomic mass is 10.2. The maximum Gasteiger partial charge on any atom is 0.319 e. The van der Waals surface area contributed by atoms with Crippen LogP contribution in [0.3, 0.4) is 0 Å². The summed E-state index contributed by atoms with van der Waals surface area (Å²) in [7, 11) is 0. The maximum absolute atomic E-state index is 12.1. The van der Waals surface area contributed by atoms with E-state index in [1.807, 2.05) is 13.8 Å². The van der Waals surface area contributed by atoms with Crippen LogP contribution in [0.5, 0.6) is 0 Å². The van der Waals surface area contributed by atoms with Crippen LogP contribution < -0.4 is 21.3 Å². The van der Waals surface area contributed by atoms with Crippen molar-refractivity contribution in [2.45, 2.75) is 38.8 Å². The van der Waals surface area contributed by atoms with Crippen molar-refractivity contribution in [1.82, 2.24) is 16.0 Å². The van der Waals surface area contributed by atoms with Gasteiger partial charge in [0.2, 0.25) is 5.91 Å². The van der Waals surface area contributed by atoms with Gasteiger partial charge < -0.3 is 26.0 Å². The highest BCUT2D eigenvalue weighted by atomic mass is 16.5. The zero-order chi connectivity index (χ0) is 18.9. The van der Waals surface area contributed by atoms with E-state index >= 15 is 0 Å². The van der Waals surface area contributed by atoms with Crippen molar-refractivity contribution in [3.63, 3.8) is 0 Å². The van der Waals surface area contributed by atoms with Gasteiger partial charge in [-0.05, 0) is 51.0 Å². The number of carbonyl (C=O) groups excluding carboxylic acids is 3. The summed E-state index contributed by atoms with van der Waals surface area (Å²) in [5, 5.41) is 10.6. The third kappa shape index (κ3) is 6.72. The lowest BCUT2D eigenvalue weighted by molar-refractivity contribution is -0.120. The van der Waals surface area contributed by atoms with E-state index in [-0.39, 0.29) is 30.5 Å². The topological polar surface area (TPSA) is 109 Å². The SMILES string of the molecule is CC(C)NC(=O)CNC(=O)Nc1ccc(C(=O)NCC2CCCO2)cc1. The zero-order valence-electron chi connectivity index (χ0n) is 15.1. The molecule has 1 aliphatic heterocycles. The Kier molecular flexibility index (Phi) is 7.40. The maximum atomic E-state index is 12.1. The van der Waals surface area contributed by atoms with Gasteiger partial charge in [-0.3, -0.25) is 9.59 Å². The first-order valence-electron chi connectivity index (χ1n) is 8.78. The summed E-state index contributed by atoms with van der Waals surface area (Å²) in [6, 6.07) is 6.06. The van der Waals surface area contributed by atoms with Crippen LogP contribution in [-0.2, 0) is 9.53 Å². The molecule has 1 aromatic rings. The van der Waals surface area contributed by atoms with E-state index in [2.05, 4.69) is 21.3 Å². The van der Waals surface area contributed by atoms with Crippen LogP contribution in [0, 0.1) is 0 Å². The van der Waals surface area contributed by atoms with Crippen molar-refractivity contribution in [2.75, 3.05) is 25.0 Å². The molecule has 4 amide bonds. The number of hydrogen-bond acceptors (Lipinski definition) is 4. The predicted molar refractivity (Wildman–Crippen MR) is 98.0 cm³/mol. The lowest BCUT2D eigenvalue weighted by Crippen LogP contribution is -2.41. The lowest BCUT2D eigenvalue weighted by Gasteiger charge is -2.12. The number of ether oxygens (including phenoxy) is 1. The molecule has 0 radical (unpaired) electrons. The third-order valence-corrected chi connectivity index (χ3v) is 3.78. The molecule has 4 N–H and O–H groups in total. The molecule has 8 heteroatoms. The monoisotopic (exact) mass is 362 g/mol. The number of amides is 4. The second-order valence-electron chi connectivity index (χ2n) is 6.45. The van der Waals surface area contributed by atoms with E-state index in [9.17, 15) is 14.4 Å². The number of carbonyl (C=O) groups is 3. The van der Waals surface area contributed by atoms with E-state index in [0.717, 1.165) is 19.4 Å². The van der Waals surface area contributed by atoms with Gasteiger partial charge in [0.25, 0.3) is 5.91 Å². The largest absolute Gasteiger partial charge is 0.376 e. The molecule has 1 saturated heterocycles. The summed E-state index contributed by atoms with van der Waals surface area (Å²) in [4.78, 5) is 35.3. The average Bonchev–Trinajstić information content (AvgIpc) is 3.11. The minimum absolute atomic E-state index is 0.0197. The van der Waals surface area contributed by atoms with E-state index < -0.39 is 6.03 Å². The van der Waals surface area contributed by atoms with Crippen molar-refractivity contribution in [2.24, 2.45) is 0 Å². The van der Waals surface area contributed by atoms with Gasteiger partial charge >= 0.3 is 6.03 Å². The number of rotatable bonds is 7. The average molecular weight is 362 g/mol. The summed E-state index contributed by atoms with van der Waals surface area (Å²) < 4.78 is 5.47. The van der Waals surface area contributed by atoms with E-state index in [1.165, 1.54) is 0 Å². The highest BCUT2D eigenvalue weighted by Crippen LogP contribution is 2.12. The van der Waals surface area contributed by atoms with Crippen molar-refractivity contribution in [1.29, 1.82) is 0 Å². The minimum Gasteiger partial charge on any atom is -0.376 e. The van der Waals surface area contributed by atoms with Gasteiger partial charge in [0.1, 0.15) is 0 Å². The highest BCUT2D eigenvalue weighted by molar-refractivity contribution is 5.96. The fourth-order valence-electron chi connectivity index (χ4n) is 2.53. The molecule has 26 heavy (non-hydrogen) atoms. The molecule has 1 fully saturated rings. The Hall–Kier alpha value is -2.61. The first kappa shape index (κ1) is 19.7. The number of benzene rings is 1. The molecule has 0 aromatic heterocycles. The molecule has 0 aliphatic carbocycles. The molecule has 0 saturated carbocycles. The Morgan fingerprint density at radius 3 is 2.50 bits per heavy atom. The predicted octanol–water partition coefficient (Wildman–Crippen LogP) is 1.24.